The lowest BCUT2D eigenvalue weighted by Crippen LogP contribution is -2.48. The molecule has 1 amide bonds. The van der Waals surface area contributed by atoms with E-state index in [1.54, 1.807) is 6.92 Å². The van der Waals surface area contributed by atoms with Crippen molar-refractivity contribution in [2.45, 2.75) is 52.5 Å². The summed E-state index contributed by atoms with van der Waals surface area (Å²) in [7, 11) is 0. The summed E-state index contributed by atoms with van der Waals surface area (Å²) < 4.78 is 5.19. The SMILES string of the molecule is CCC(C)(CO)NC(=O)c1c(C)noc1C(C)C. The maximum Gasteiger partial charge on any atom is 0.257 e. The highest BCUT2D eigenvalue weighted by Crippen LogP contribution is 2.23. The van der Waals surface area contributed by atoms with E-state index in [1.165, 1.54) is 0 Å². The number of aliphatic hydroxyl groups is 1. The fourth-order valence-corrected chi connectivity index (χ4v) is 1.63. The van der Waals surface area contributed by atoms with Crippen LogP contribution < -0.4 is 5.32 Å². The molecule has 1 atom stereocenters. The molecule has 0 aliphatic heterocycles. The molecule has 18 heavy (non-hydrogen) atoms. The minimum Gasteiger partial charge on any atom is -0.394 e. The summed E-state index contributed by atoms with van der Waals surface area (Å²) in [6.45, 7) is 9.26. The Labute approximate surface area is 108 Å². The van der Waals surface area contributed by atoms with Gasteiger partial charge in [0.15, 0.2) is 5.76 Å². The first kappa shape index (κ1) is 14.7. The number of amides is 1. The number of hydrogen-bond donors (Lipinski definition) is 2. The summed E-state index contributed by atoms with van der Waals surface area (Å²) in [5.74, 6) is 0.436. The topological polar surface area (TPSA) is 75.4 Å². The van der Waals surface area contributed by atoms with Crippen LogP contribution in [-0.4, -0.2) is 28.3 Å². The van der Waals surface area contributed by atoms with E-state index in [0.717, 1.165) is 0 Å². The molecule has 0 saturated heterocycles. The molecule has 0 aliphatic carbocycles. The van der Waals surface area contributed by atoms with E-state index in [2.05, 4.69) is 10.5 Å². The molecule has 102 valence electrons. The van der Waals surface area contributed by atoms with E-state index in [1.807, 2.05) is 27.7 Å². The van der Waals surface area contributed by atoms with Gasteiger partial charge >= 0.3 is 0 Å². The van der Waals surface area contributed by atoms with Gasteiger partial charge in [0, 0.05) is 5.92 Å². The second-order valence-electron chi connectivity index (χ2n) is 5.19. The first-order valence-electron chi connectivity index (χ1n) is 6.24. The minimum atomic E-state index is -0.616. The Morgan fingerprint density at radius 2 is 2.17 bits per heavy atom. The fraction of sp³-hybridized carbons (Fsp3) is 0.692. The average molecular weight is 254 g/mol. The summed E-state index contributed by atoms with van der Waals surface area (Å²) in [6, 6.07) is 0. The van der Waals surface area contributed by atoms with Crippen LogP contribution in [0.25, 0.3) is 0 Å². The summed E-state index contributed by atoms with van der Waals surface area (Å²) in [5.41, 5.74) is 0.445. The molecule has 1 aromatic rings. The highest BCUT2D eigenvalue weighted by molar-refractivity contribution is 5.96. The van der Waals surface area contributed by atoms with Crippen molar-refractivity contribution in [3.05, 3.63) is 17.0 Å². The molecule has 1 rings (SSSR count). The average Bonchev–Trinajstić information content (AvgIpc) is 2.71. The maximum atomic E-state index is 12.3. The van der Waals surface area contributed by atoms with Crippen molar-refractivity contribution in [1.29, 1.82) is 0 Å². The van der Waals surface area contributed by atoms with Gasteiger partial charge in [-0.2, -0.15) is 0 Å². The number of aromatic nitrogens is 1. The monoisotopic (exact) mass is 254 g/mol. The third-order valence-electron chi connectivity index (χ3n) is 3.19. The zero-order valence-corrected chi connectivity index (χ0v) is 11.7. The Kier molecular flexibility index (Phi) is 4.51. The number of nitrogens with zero attached hydrogens (tertiary/aromatic N) is 1. The van der Waals surface area contributed by atoms with Crippen molar-refractivity contribution in [3.8, 4) is 0 Å². The zero-order valence-electron chi connectivity index (χ0n) is 11.7. The van der Waals surface area contributed by atoms with E-state index in [4.69, 9.17) is 4.52 Å². The Balaban J connectivity index is 3.01. The van der Waals surface area contributed by atoms with Gasteiger partial charge in [-0.3, -0.25) is 4.79 Å². The van der Waals surface area contributed by atoms with Crippen molar-refractivity contribution < 1.29 is 14.4 Å². The summed E-state index contributed by atoms with van der Waals surface area (Å²) in [6.07, 6.45) is 0.649. The van der Waals surface area contributed by atoms with Crippen LogP contribution in [-0.2, 0) is 0 Å². The van der Waals surface area contributed by atoms with Crippen LogP contribution >= 0.6 is 0 Å². The molecule has 0 aliphatic rings. The Morgan fingerprint density at radius 3 is 2.61 bits per heavy atom. The number of carbonyl (C=O) groups excluding carboxylic acids is 1. The van der Waals surface area contributed by atoms with Gasteiger partial charge in [-0.25, -0.2) is 0 Å². The van der Waals surface area contributed by atoms with E-state index >= 15 is 0 Å². The van der Waals surface area contributed by atoms with Crippen molar-refractivity contribution in [2.24, 2.45) is 0 Å². The molecule has 1 aromatic heterocycles. The van der Waals surface area contributed by atoms with Gasteiger partial charge < -0.3 is 14.9 Å². The molecule has 0 spiro atoms. The second-order valence-corrected chi connectivity index (χ2v) is 5.19. The highest BCUT2D eigenvalue weighted by Gasteiger charge is 2.28. The van der Waals surface area contributed by atoms with Crippen LogP contribution in [0.5, 0.6) is 0 Å². The van der Waals surface area contributed by atoms with Gasteiger partial charge in [-0.05, 0) is 20.3 Å². The lowest BCUT2D eigenvalue weighted by atomic mass is 9.98. The number of nitrogens with one attached hydrogen (secondary N) is 1. The van der Waals surface area contributed by atoms with E-state index in [0.29, 0.717) is 23.4 Å². The zero-order chi connectivity index (χ0) is 13.9. The molecule has 1 unspecified atom stereocenters. The fourth-order valence-electron chi connectivity index (χ4n) is 1.63. The van der Waals surface area contributed by atoms with Gasteiger partial charge in [0.1, 0.15) is 5.56 Å². The molecular formula is C13H22N2O3. The second kappa shape index (κ2) is 5.52. The van der Waals surface area contributed by atoms with Crippen LogP contribution in [0.15, 0.2) is 4.52 Å². The number of carbonyl (C=O) groups is 1. The molecule has 2 N–H and O–H groups in total. The van der Waals surface area contributed by atoms with Crippen LogP contribution in [0.4, 0.5) is 0 Å². The minimum absolute atomic E-state index is 0.0916. The lowest BCUT2D eigenvalue weighted by Gasteiger charge is -2.27. The summed E-state index contributed by atoms with van der Waals surface area (Å²) >= 11 is 0. The Morgan fingerprint density at radius 1 is 1.56 bits per heavy atom. The van der Waals surface area contributed by atoms with Crippen LogP contribution in [0.2, 0.25) is 0 Å². The molecule has 0 aromatic carbocycles. The van der Waals surface area contributed by atoms with Crippen LogP contribution in [0.3, 0.4) is 0 Å². The summed E-state index contributed by atoms with van der Waals surface area (Å²) in [4.78, 5) is 12.3. The quantitative estimate of drug-likeness (QED) is 0.842. The van der Waals surface area contributed by atoms with Crippen molar-refractivity contribution in [3.63, 3.8) is 0 Å². The molecule has 0 bridgehead atoms. The Bertz CT molecular complexity index is 420. The van der Waals surface area contributed by atoms with Crippen LogP contribution in [0, 0.1) is 6.92 Å². The first-order chi connectivity index (χ1) is 8.34. The number of aryl methyl sites for hydroxylation is 1. The smallest absolute Gasteiger partial charge is 0.257 e. The number of hydrogen-bond acceptors (Lipinski definition) is 4. The third-order valence-corrected chi connectivity index (χ3v) is 3.19. The molecule has 1 heterocycles. The number of aliphatic hydroxyl groups excluding tert-OH is 1. The van der Waals surface area contributed by atoms with E-state index in [-0.39, 0.29) is 18.4 Å². The van der Waals surface area contributed by atoms with Crippen LogP contribution in [0.1, 0.15) is 61.8 Å². The van der Waals surface area contributed by atoms with Gasteiger partial charge in [0.25, 0.3) is 5.91 Å². The molecule has 0 radical (unpaired) electrons. The standard InChI is InChI=1S/C13H22N2O3/c1-6-13(5,7-16)14-12(17)10-9(4)15-18-11(10)8(2)3/h8,16H,6-7H2,1-5H3,(H,14,17). The van der Waals surface area contributed by atoms with Gasteiger partial charge in [0.05, 0.1) is 17.8 Å². The van der Waals surface area contributed by atoms with Crippen molar-refractivity contribution >= 4 is 5.91 Å². The van der Waals surface area contributed by atoms with E-state index in [9.17, 15) is 9.90 Å². The highest BCUT2D eigenvalue weighted by atomic mass is 16.5. The molecule has 0 saturated carbocycles. The third kappa shape index (κ3) is 2.90. The molecule has 5 heteroatoms. The first-order valence-corrected chi connectivity index (χ1v) is 6.24. The normalized spacial score (nSPS) is 14.6. The van der Waals surface area contributed by atoms with Gasteiger partial charge in [-0.1, -0.05) is 25.9 Å². The molecular weight excluding hydrogens is 232 g/mol. The number of rotatable bonds is 5. The van der Waals surface area contributed by atoms with Gasteiger partial charge in [-0.15, -0.1) is 0 Å². The molecule has 0 fully saturated rings. The lowest BCUT2D eigenvalue weighted by molar-refractivity contribution is 0.0844. The van der Waals surface area contributed by atoms with Gasteiger partial charge in [0.2, 0.25) is 0 Å². The van der Waals surface area contributed by atoms with Crippen molar-refractivity contribution in [1.82, 2.24) is 10.5 Å². The largest absolute Gasteiger partial charge is 0.394 e. The predicted molar refractivity (Wildman–Crippen MR) is 68.6 cm³/mol. The predicted octanol–water partition coefficient (Wildman–Crippen LogP) is 2.00. The Hall–Kier alpha value is -1.36. The van der Waals surface area contributed by atoms with E-state index < -0.39 is 5.54 Å². The summed E-state index contributed by atoms with van der Waals surface area (Å²) in [5, 5.41) is 16.0. The molecule has 5 nitrogen and oxygen atoms in total. The maximum absolute atomic E-state index is 12.3. The van der Waals surface area contributed by atoms with Crippen molar-refractivity contribution in [2.75, 3.05) is 6.61 Å².